The molecule has 0 radical (unpaired) electrons. The van der Waals surface area contributed by atoms with Crippen LogP contribution in [0.2, 0.25) is 0 Å². The Hall–Kier alpha value is -3.62. The number of thioether (sulfide) groups is 1. The minimum atomic E-state index is -0.467. The summed E-state index contributed by atoms with van der Waals surface area (Å²) in [5, 5.41) is 0. The third-order valence-corrected chi connectivity index (χ3v) is 6.14. The molecule has 33 heavy (non-hydrogen) atoms. The van der Waals surface area contributed by atoms with Crippen molar-refractivity contribution in [2.75, 3.05) is 19.1 Å². The van der Waals surface area contributed by atoms with Gasteiger partial charge in [0.1, 0.15) is 17.2 Å². The predicted octanol–water partition coefficient (Wildman–Crippen LogP) is 5.33. The normalized spacial score (nSPS) is 14.5. The monoisotopic (exact) mass is 477 g/mol. The summed E-state index contributed by atoms with van der Waals surface area (Å²) in [6.07, 6.45) is 1.76. The third-order valence-electron chi connectivity index (χ3n) is 4.84. The Balaban J connectivity index is 1.45. The topological polar surface area (TPSA) is 65.1 Å². The van der Waals surface area contributed by atoms with E-state index in [2.05, 4.69) is 0 Å². The van der Waals surface area contributed by atoms with Gasteiger partial charge in [0, 0.05) is 0 Å². The summed E-state index contributed by atoms with van der Waals surface area (Å²) in [6, 6.07) is 20.7. The molecule has 0 saturated carbocycles. The third kappa shape index (κ3) is 5.08. The molecular formula is C25H19NO5S2. The van der Waals surface area contributed by atoms with Gasteiger partial charge in [-0.25, -0.2) is 4.79 Å². The van der Waals surface area contributed by atoms with Gasteiger partial charge in [0.2, 0.25) is 0 Å². The Labute approximate surface area is 200 Å². The molecule has 3 aromatic rings. The molecule has 1 saturated heterocycles. The first-order valence-corrected chi connectivity index (χ1v) is 11.1. The Morgan fingerprint density at radius 2 is 1.39 bits per heavy atom. The molecule has 1 amide bonds. The van der Waals surface area contributed by atoms with E-state index in [0.717, 1.165) is 5.56 Å². The number of methoxy groups -OCH3 is 2. The molecule has 0 atom stereocenters. The Bertz CT molecular complexity index is 1220. The van der Waals surface area contributed by atoms with Crippen molar-refractivity contribution >= 4 is 51.9 Å². The molecular weight excluding hydrogens is 458 g/mol. The van der Waals surface area contributed by atoms with Gasteiger partial charge in [0.15, 0.2) is 4.32 Å². The fourth-order valence-electron chi connectivity index (χ4n) is 3.10. The van der Waals surface area contributed by atoms with Crippen molar-refractivity contribution < 1.29 is 23.8 Å². The van der Waals surface area contributed by atoms with Crippen molar-refractivity contribution in [1.82, 2.24) is 0 Å². The minimum absolute atomic E-state index is 0.190. The zero-order valence-electron chi connectivity index (χ0n) is 17.8. The highest BCUT2D eigenvalue weighted by atomic mass is 32.2. The van der Waals surface area contributed by atoms with Gasteiger partial charge < -0.3 is 14.2 Å². The number of hydrogen-bond donors (Lipinski definition) is 0. The minimum Gasteiger partial charge on any atom is -0.497 e. The van der Waals surface area contributed by atoms with Crippen LogP contribution in [0, 0.1) is 0 Å². The highest BCUT2D eigenvalue weighted by Crippen LogP contribution is 2.36. The maximum atomic E-state index is 12.9. The van der Waals surface area contributed by atoms with E-state index in [4.69, 9.17) is 26.4 Å². The number of carbonyl (C=O) groups is 2. The predicted molar refractivity (Wildman–Crippen MR) is 133 cm³/mol. The summed E-state index contributed by atoms with van der Waals surface area (Å²) in [4.78, 5) is 27.3. The first-order chi connectivity index (χ1) is 16.0. The van der Waals surface area contributed by atoms with Crippen LogP contribution < -0.4 is 19.1 Å². The van der Waals surface area contributed by atoms with Gasteiger partial charge in [-0.1, -0.05) is 36.1 Å². The van der Waals surface area contributed by atoms with Gasteiger partial charge in [0.25, 0.3) is 5.91 Å². The fourth-order valence-corrected chi connectivity index (χ4v) is 4.40. The van der Waals surface area contributed by atoms with E-state index in [0.29, 0.717) is 37.7 Å². The summed E-state index contributed by atoms with van der Waals surface area (Å²) in [6.45, 7) is 0. The van der Waals surface area contributed by atoms with Crippen LogP contribution in [-0.2, 0) is 4.79 Å². The molecule has 6 nitrogen and oxygen atoms in total. The lowest BCUT2D eigenvalue weighted by molar-refractivity contribution is -0.113. The van der Waals surface area contributed by atoms with Crippen LogP contribution in [0.3, 0.4) is 0 Å². The molecule has 0 N–H and O–H groups in total. The van der Waals surface area contributed by atoms with Gasteiger partial charge in [-0.3, -0.25) is 9.69 Å². The van der Waals surface area contributed by atoms with Crippen molar-refractivity contribution in [1.29, 1.82) is 0 Å². The number of esters is 1. The molecule has 4 rings (SSSR count). The fraction of sp³-hybridized carbons (Fsp3) is 0.0800. The van der Waals surface area contributed by atoms with Crippen LogP contribution >= 0.6 is 24.0 Å². The first-order valence-electron chi connectivity index (χ1n) is 9.87. The second kappa shape index (κ2) is 9.89. The average Bonchev–Trinajstić information content (AvgIpc) is 3.12. The molecule has 166 valence electrons. The zero-order valence-corrected chi connectivity index (χ0v) is 19.4. The van der Waals surface area contributed by atoms with Crippen LogP contribution in [0.25, 0.3) is 6.08 Å². The van der Waals surface area contributed by atoms with Crippen LogP contribution in [0.15, 0.2) is 77.7 Å². The summed E-state index contributed by atoms with van der Waals surface area (Å²) in [5.41, 5.74) is 1.89. The number of ether oxygens (including phenoxy) is 3. The smallest absolute Gasteiger partial charge is 0.343 e. The van der Waals surface area contributed by atoms with E-state index in [-0.39, 0.29) is 5.91 Å². The number of thiocarbonyl (C=S) groups is 1. The largest absolute Gasteiger partial charge is 0.497 e. The van der Waals surface area contributed by atoms with Crippen molar-refractivity contribution in [3.05, 3.63) is 88.8 Å². The maximum Gasteiger partial charge on any atom is 0.343 e. The van der Waals surface area contributed by atoms with Crippen LogP contribution in [-0.4, -0.2) is 30.4 Å². The van der Waals surface area contributed by atoms with Gasteiger partial charge >= 0.3 is 5.97 Å². The molecule has 0 aromatic heterocycles. The summed E-state index contributed by atoms with van der Waals surface area (Å²) < 4.78 is 16.1. The van der Waals surface area contributed by atoms with Crippen LogP contribution in [0.5, 0.6) is 17.2 Å². The number of nitrogens with zero attached hydrogens (tertiary/aromatic N) is 1. The molecule has 0 aliphatic carbocycles. The van der Waals surface area contributed by atoms with Crippen LogP contribution in [0.4, 0.5) is 5.69 Å². The van der Waals surface area contributed by atoms with Gasteiger partial charge in [-0.15, -0.1) is 0 Å². The summed E-state index contributed by atoms with van der Waals surface area (Å²) >= 11 is 6.65. The Morgan fingerprint density at radius 3 is 1.97 bits per heavy atom. The first kappa shape index (κ1) is 22.6. The van der Waals surface area contributed by atoms with Gasteiger partial charge in [-0.2, -0.15) is 0 Å². The Morgan fingerprint density at radius 1 is 0.848 bits per heavy atom. The quantitative estimate of drug-likeness (QED) is 0.206. The molecule has 1 aliphatic rings. The second-order valence-electron chi connectivity index (χ2n) is 6.90. The van der Waals surface area contributed by atoms with Crippen molar-refractivity contribution in [2.24, 2.45) is 0 Å². The summed E-state index contributed by atoms with van der Waals surface area (Å²) in [5.74, 6) is 1.11. The molecule has 1 aliphatic heterocycles. The number of anilines is 1. The highest BCUT2D eigenvalue weighted by Gasteiger charge is 2.33. The number of amides is 1. The maximum absolute atomic E-state index is 12.9. The Kier molecular flexibility index (Phi) is 6.76. The number of carbonyl (C=O) groups excluding carboxylic acids is 2. The van der Waals surface area contributed by atoms with Crippen molar-refractivity contribution in [3.63, 3.8) is 0 Å². The van der Waals surface area contributed by atoms with Crippen molar-refractivity contribution in [3.8, 4) is 17.2 Å². The van der Waals surface area contributed by atoms with Crippen molar-refractivity contribution in [2.45, 2.75) is 0 Å². The average molecular weight is 478 g/mol. The molecule has 0 unspecified atom stereocenters. The van der Waals surface area contributed by atoms with E-state index in [9.17, 15) is 9.59 Å². The lowest BCUT2D eigenvalue weighted by Crippen LogP contribution is -2.27. The second-order valence-corrected chi connectivity index (χ2v) is 8.58. The number of hydrogen-bond acceptors (Lipinski definition) is 7. The SMILES string of the molecule is COc1ccc(C(=O)Oc2ccc(/C=C3\SC(=S)N(c4ccc(OC)cc4)C3=O)cc2)cc1. The lowest BCUT2D eigenvalue weighted by Gasteiger charge is -2.14. The van der Waals surface area contributed by atoms with E-state index in [1.165, 1.54) is 16.7 Å². The summed E-state index contributed by atoms with van der Waals surface area (Å²) in [7, 11) is 3.15. The molecule has 1 fully saturated rings. The molecule has 8 heteroatoms. The molecule has 0 bridgehead atoms. The number of benzene rings is 3. The van der Waals surface area contributed by atoms with E-state index >= 15 is 0 Å². The van der Waals surface area contributed by atoms with E-state index < -0.39 is 5.97 Å². The molecule has 3 aromatic carbocycles. The lowest BCUT2D eigenvalue weighted by atomic mass is 10.2. The number of rotatable bonds is 6. The van der Waals surface area contributed by atoms with E-state index in [1.54, 1.807) is 93.1 Å². The standard InChI is InChI=1S/C25H19NO5S2/c1-29-19-11-5-17(6-12-19)24(28)31-21-9-3-16(4-10-21)15-22-23(27)26(25(32)33-22)18-7-13-20(30-2)14-8-18/h3-15H,1-2H3/b22-15-. The zero-order chi connectivity index (χ0) is 23.4. The highest BCUT2D eigenvalue weighted by molar-refractivity contribution is 8.27. The van der Waals surface area contributed by atoms with E-state index in [1.807, 2.05) is 0 Å². The van der Waals surface area contributed by atoms with Gasteiger partial charge in [0.05, 0.1) is 30.4 Å². The molecule has 0 spiro atoms. The van der Waals surface area contributed by atoms with Crippen LogP contribution in [0.1, 0.15) is 15.9 Å². The van der Waals surface area contributed by atoms with Gasteiger partial charge in [-0.05, 0) is 72.3 Å². The molecule has 1 heterocycles.